The van der Waals surface area contributed by atoms with Gasteiger partial charge in [-0.15, -0.1) is 0 Å². The summed E-state index contributed by atoms with van der Waals surface area (Å²) in [4.78, 5) is 22.6. The summed E-state index contributed by atoms with van der Waals surface area (Å²) >= 11 is 0. The van der Waals surface area contributed by atoms with Crippen molar-refractivity contribution in [1.82, 2.24) is 5.32 Å². The molecule has 5 heteroatoms. The minimum Gasteiger partial charge on any atom is -0.457 e. The summed E-state index contributed by atoms with van der Waals surface area (Å²) in [6.45, 7) is 5.54. The fraction of sp³-hybridized carbons (Fsp3) is 0.900. The number of carbonyl (C=O) groups excluding carboxylic acids is 2. The zero-order chi connectivity index (χ0) is 18.5. The van der Waals surface area contributed by atoms with Crippen molar-refractivity contribution in [1.29, 1.82) is 0 Å². The van der Waals surface area contributed by atoms with Crippen LogP contribution < -0.4 is 5.32 Å². The largest absolute Gasteiger partial charge is 0.457 e. The zero-order valence-corrected chi connectivity index (χ0v) is 16.4. The van der Waals surface area contributed by atoms with Gasteiger partial charge in [-0.05, 0) is 6.42 Å². The van der Waals surface area contributed by atoms with Crippen LogP contribution in [-0.4, -0.2) is 36.7 Å². The highest BCUT2D eigenvalue weighted by Crippen LogP contribution is 2.23. The first-order chi connectivity index (χ1) is 12.0. The molecule has 0 spiro atoms. The Bertz CT molecular complexity index is 386. The second kappa shape index (κ2) is 13.2. The average Bonchev–Trinajstić information content (AvgIpc) is 2.90. The van der Waals surface area contributed by atoms with E-state index in [0.29, 0.717) is 6.61 Å². The van der Waals surface area contributed by atoms with Gasteiger partial charge < -0.3 is 14.8 Å². The topological polar surface area (TPSA) is 64.6 Å². The smallest absolute Gasteiger partial charge is 0.303 e. The number of ether oxygens (including phenoxy) is 2. The molecule has 0 saturated carbocycles. The molecule has 1 heterocycles. The summed E-state index contributed by atoms with van der Waals surface area (Å²) in [7, 11) is 0. The minimum atomic E-state index is -0.361. The molecule has 25 heavy (non-hydrogen) atoms. The normalized spacial score (nSPS) is 22.8. The number of amides is 1. The Kier molecular flexibility index (Phi) is 11.5. The SMILES string of the molecule is CCCCCCCCCCCC[C@H]1OCC(NC(C)=O)C1OC(C)=O. The second-order valence-corrected chi connectivity index (χ2v) is 7.22. The third-order valence-corrected chi connectivity index (χ3v) is 4.79. The summed E-state index contributed by atoms with van der Waals surface area (Å²) in [6, 6.07) is -0.227. The average molecular weight is 356 g/mol. The van der Waals surface area contributed by atoms with Crippen molar-refractivity contribution < 1.29 is 19.1 Å². The van der Waals surface area contributed by atoms with E-state index in [1.807, 2.05) is 0 Å². The number of esters is 1. The van der Waals surface area contributed by atoms with Crippen LogP contribution in [0.4, 0.5) is 0 Å². The van der Waals surface area contributed by atoms with Crippen LogP contribution in [0.3, 0.4) is 0 Å². The van der Waals surface area contributed by atoms with Gasteiger partial charge in [0.2, 0.25) is 5.91 Å². The van der Waals surface area contributed by atoms with Crippen LogP contribution in [0.5, 0.6) is 0 Å². The van der Waals surface area contributed by atoms with E-state index in [1.165, 1.54) is 71.6 Å². The van der Waals surface area contributed by atoms with Gasteiger partial charge in [0, 0.05) is 13.8 Å². The van der Waals surface area contributed by atoms with Gasteiger partial charge in [-0.2, -0.15) is 0 Å². The number of rotatable bonds is 13. The molecule has 146 valence electrons. The Morgan fingerprint density at radius 3 is 2.04 bits per heavy atom. The molecule has 3 atom stereocenters. The molecule has 0 aromatic heterocycles. The van der Waals surface area contributed by atoms with Crippen molar-refractivity contribution in [3.63, 3.8) is 0 Å². The monoisotopic (exact) mass is 355 g/mol. The molecule has 1 aliphatic rings. The Morgan fingerprint density at radius 2 is 1.52 bits per heavy atom. The quantitative estimate of drug-likeness (QED) is 0.398. The van der Waals surface area contributed by atoms with Crippen molar-refractivity contribution in [3.05, 3.63) is 0 Å². The van der Waals surface area contributed by atoms with Crippen LogP contribution in [0, 0.1) is 0 Å². The lowest BCUT2D eigenvalue weighted by molar-refractivity contribution is -0.150. The first kappa shape index (κ1) is 21.9. The fourth-order valence-electron chi connectivity index (χ4n) is 3.49. The molecule has 0 radical (unpaired) electrons. The van der Waals surface area contributed by atoms with Crippen molar-refractivity contribution in [2.24, 2.45) is 0 Å². The molecule has 0 aromatic rings. The van der Waals surface area contributed by atoms with Crippen LogP contribution in [-0.2, 0) is 19.1 Å². The molecule has 5 nitrogen and oxygen atoms in total. The van der Waals surface area contributed by atoms with Gasteiger partial charge in [-0.3, -0.25) is 9.59 Å². The Morgan fingerprint density at radius 1 is 0.960 bits per heavy atom. The molecular formula is C20H37NO4. The van der Waals surface area contributed by atoms with Crippen LogP contribution in [0.25, 0.3) is 0 Å². The van der Waals surface area contributed by atoms with Gasteiger partial charge in [-0.1, -0.05) is 71.1 Å². The molecule has 1 N–H and O–H groups in total. The van der Waals surface area contributed by atoms with Gasteiger partial charge in [0.15, 0.2) is 6.10 Å². The number of nitrogens with one attached hydrogen (secondary N) is 1. The highest BCUT2D eigenvalue weighted by Gasteiger charge is 2.39. The standard InChI is InChI=1S/C20H37NO4/c1-4-5-6-7-8-9-10-11-12-13-14-19-20(25-17(3)23)18(15-24-19)21-16(2)22/h18-20H,4-15H2,1-3H3,(H,21,22)/t18?,19-,20?/m1/s1. The lowest BCUT2D eigenvalue weighted by atomic mass is 10.0. The second-order valence-electron chi connectivity index (χ2n) is 7.22. The first-order valence-electron chi connectivity index (χ1n) is 10.1. The molecule has 1 fully saturated rings. The Balaban J connectivity index is 2.15. The summed E-state index contributed by atoms with van der Waals surface area (Å²) in [5.41, 5.74) is 0. The van der Waals surface area contributed by atoms with Crippen molar-refractivity contribution >= 4 is 11.9 Å². The van der Waals surface area contributed by atoms with Crippen LogP contribution in [0.1, 0.15) is 91.4 Å². The maximum absolute atomic E-state index is 11.3. The highest BCUT2D eigenvalue weighted by molar-refractivity contribution is 5.73. The number of hydrogen-bond donors (Lipinski definition) is 1. The molecule has 0 aliphatic carbocycles. The van der Waals surface area contributed by atoms with E-state index >= 15 is 0 Å². The lowest BCUT2D eigenvalue weighted by Gasteiger charge is -2.23. The molecule has 1 saturated heterocycles. The Labute approximate surface area is 153 Å². The van der Waals surface area contributed by atoms with E-state index in [2.05, 4.69) is 12.2 Å². The lowest BCUT2D eigenvalue weighted by Crippen LogP contribution is -2.45. The van der Waals surface area contributed by atoms with Crippen LogP contribution in [0.2, 0.25) is 0 Å². The minimum absolute atomic E-state index is 0.102. The predicted octanol–water partition coefficient (Wildman–Crippen LogP) is 4.13. The summed E-state index contributed by atoms with van der Waals surface area (Å²) in [5, 5.41) is 2.83. The van der Waals surface area contributed by atoms with E-state index in [1.54, 1.807) is 0 Å². The molecule has 0 aromatic carbocycles. The number of hydrogen-bond acceptors (Lipinski definition) is 4. The van der Waals surface area contributed by atoms with E-state index in [0.717, 1.165) is 12.8 Å². The van der Waals surface area contributed by atoms with Gasteiger partial charge in [0.05, 0.1) is 18.8 Å². The molecule has 1 amide bonds. The van der Waals surface area contributed by atoms with Crippen molar-refractivity contribution in [3.8, 4) is 0 Å². The summed E-state index contributed by atoms with van der Waals surface area (Å²) < 4.78 is 11.2. The third kappa shape index (κ3) is 9.83. The number of unbranched alkanes of at least 4 members (excludes halogenated alkanes) is 9. The first-order valence-corrected chi connectivity index (χ1v) is 10.1. The van der Waals surface area contributed by atoms with Gasteiger partial charge >= 0.3 is 5.97 Å². The molecule has 2 unspecified atom stereocenters. The van der Waals surface area contributed by atoms with E-state index in [4.69, 9.17) is 9.47 Å². The van der Waals surface area contributed by atoms with Gasteiger partial charge in [0.1, 0.15) is 0 Å². The zero-order valence-electron chi connectivity index (χ0n) is 16.4. The third-order valence-electron chi connectivity index (χ3n) is 4.79. The van der Waals surface area contributed by atoms with Gasteiger partial charge in [0.25, 0.3) is 0 Å². The Hall–Kier alpha value is -1.10. The molecule has 1 rings (SSSR count). The summed E-state index contributed by atoms with van der Waals surface area (Å²) in [5.74, 6) is -0.440. The molecule has 0 bridgehead atoms. The molecular weight excluding hydrogens is 318 g/mol. The van der Waals surface area contributed by atoms with Crippen molar-refractivity contribution in [2.45, 2.75) is 110 Å². The maximum atomic E-state index is 11.3. The van der Waals surface area contributed by atoms with E-state index < -0.39 is 0 Å². The predicted molar refractivity (Wildman–Crippen MR) is 99.4 cm³/mol. The summed E-state index contributed by atoms with van der Waals surface area (Å²) in [6.07, 6.45) is 13.4. The highest BCUT2D eigenvalue weighted by atomic mass is 16.6. The van der Waals surface area contributed by atoms with E-state index in [-0.39, 0.29) is 30.1 Å². The number of carbonyl (C=O) groups is 2. The molecule has 1 aliphatic heterocycles. The fourth-order valence-corrected chi connectivity index (χ4v) is 3.49. The van der Waals surface area contributed by atoms with Crippen molar-refractivity contribution in [2.75, 3.05) is 6.61 Å². The maximum Gasteiger partial charge on any atom is 0.303 e. The van der Waals surface area contributed by atoms with Crippen LogP contribution >= 0.6 is 0 Å². The van der Waals surface area contributed by atoms with E-state index in [9.17, 15) is 9.59 Å². The van der Waals surface area contributed by atoms with Crippen LogP contribution in [0.15, 0.2) is 0 Å². The van der Waals surface area contributed by atoms with Gasteiger partial charge in [-0.25, -0.2) is 0 Å².